The maximum Gasteiger partial charge on any atom is 0.232 e. The normalized spacial score (nSPS) is 17.4. The van der Waals surface area contributed by atoms with E-state index in [-0.39, 0.29) is 30.5 Å². The molecule has 168 valence electrons. The van der Waals surface area contributed by atoms with Gasteiger partial charge in [-0.05, 0) is 57.4 Å². The zero-order valence-electron chi connectivity index (χ0n) is 18.9. The molecule has 0 fully saturated rings. The van der Waals surface area contributed by atoms with E-state index < -0.39 is 10.0 Å². The van der Waals surface area contributed by atoms with E-state index in [2.05, 4.69) is 5.32 Å². The molecule has 1 atom stereocenters. The highest BCUT2D eigenvalue weighted by Crippen LogP contribution is 2.39. The second kappa shape index (κ2) is 8.91. The summed E-state index contributed by atoms with van der Waals surface area (Å²) in [7, 11) is -3.45. The standard InChI is InChI=1S/C24H32N2O4S/c1-17-12-13-18(2)21(15-17)26(31(5,28)29)14-8-11-23(27)25-20-16-24(3,4)30-22-10-7-6-9-19(20)22/h6-7,9-10,12-13,15,20H,8,11,14,16H2,1-5H3,(H,25,27)/t20-/m1/s1. The van der Waals surface area contributed by atoms with Gasteiger partial charge in [-0.25, -0.2) is 8.42 Å². The van der Waals surface area contributed by atoms with Gasteiger partial charge in [-0.2, -0.15) is 0 Å². The summed E-state index contributed by atoms with van der Waals surface area (Å²) in [5.41, 5.74) is 3.16. The molecule has 1 amide bonds. The van der Waals surface area contributed by atoms with Crippen LogP contribution in [0.5, 0.6) is 5.75 Å². The highest BCUT2D eigenvalue weighted by atomic mass is 32.2. The molecule has 0 radical (unpaired) electrons. The van der Waals surface area contributed by atoms with Crippen molar-refractivity contribution in [2.45, 2.75) is 58.6 Å². The highest BCUT2D eigenvalue weighted by molar-refractivity contribution is 7.92. The molecule has 31 heavy (non-hydrogen) atoms. The van der Waals surface area contributed by atoms with E-state index in [1.54, 1.807) is 0 Å². The molecule has 1 heterocycles. The quantitative estimate of drug-likeness (QED) is 0.692. The lowest BCUT2D eigenvalue weighted by atomic mass is 9.89. The van der Waals surface area contributed by atoms with Crippen molar-refractivity contribution in [1.29, 1.82) is 0 Å². The Morgan fingerprint density at radius 1 is 1.19 bits per heavy atom. The van der Waals surface area contributed by atoms with Gasteiger partial charge in [0, 0.05) is 24.9 Å². The summed E-state index contributed by atoms with van der Waals surface area (Å²) in [5, 5.41) is 3.12. The minimum atomic E-state index is -3.45. The number of hydrogen-bond acceptors (Lipinski definition) is 4. The number of amides is 1. The SMILES string of the molecule is Cc1ccc(C)c(N(CCCC(=O)N[C@@H]2CC(C)(C)Oc3ccccc32)S(C)(=O)=O)c1. The van der Waals surface area contributed by atoms with E-state index in [9.17, 15) is 13.2 Å². The summed E-state index contributed by atoms with van der Waals surface area (Å²) in [5.74, 6) is 0.703. The minimum absolute atomic E-state index is 0.0908. The van der Waals surface area contributed by atoms with E-state index in [0.717, 1.165) is 22.4 Å². The molecule has 6 nitrogen and oxygen atoms in total. The molecule has 0 spiro atoms. The molecule has 1 N–H and O–H groups in total. The third kappa shape index (κ3) is 5.79. The summed E-state index contributed by atoms with van der Waals surface area (Å²) in [6.07, 6.45) is 2.56. The molecule has 7 heteroatoms. The number of fused-ring (bicyclic) bond motifs is 1. The number of benzene rings is 2. The molecule has 0 unspecified atom stereocenters. The Kier molecular flexibility index (Phi) is 6.65. The van der Waals surface area contributed by atoms with Gasteiger partial charge in [-0.15, -0.1) is 0 Å². The Morgan fingerprint density at radius 2 is 1.90 bits per heavy atom. The monoisotopic (exact) mass is 444 g/mol. The van der Waals surface area contributed by atoms with E-state index in [1.807, 2.05) is 70.2 Å². The van der Waals surface area contributed by atoms with Gasteiger partial charge in [0.25, 0.3) is 0 Å². The predicted molar refractivity (Wildman–Crippen MR) is 124 cm³/mol. The first-order valence-electron chi connectivity index (χ1n) is 10.6. The number of hydrogen-bond donors (Lipinski definition) is 1. The van der Waals surface area contributed by atoms with Crippen LogP contribution in [0.25, 0.3) is 0 Å². The number of carbonyl (C=O) groups excluding carboxylic acids is 1. The van der Waals surface area contributed by atoms with Crippen molar-refractivity contribution in [3.8, 4) is 5.75 Å². The number of nitrogens with one attached hydrogen (secondary N) is 1. The minimum Gasteiger partial charge on any atom is -0.487 e. The number of anilines is 1. The average Bonchev–Trinajstić information content (AvgIpc) is 2.65. The molecule has 0 aliphatic carbocycles. The van der Waals surface area contributed by atoms with E-state index in [1.165, 1.54) is 10.6 Å². The fraction of sp³-hybridized carbons (Fsp3) is 0.458. The van der Waals surface area contributed by atoms with Crippen LogP contribution in [0, 0.1) is 13.8 Å². The Bertz CT molecular complexity index is 1060. The number of para-hydroxylation sites is 1. The topological polar surface area (TPSA) is 75.7 Å². The molecule has 0 saturated heterocycles. The zero-order chi connectivity index (χ0) is 22.8. The lowest BCUT2D eigenvalue weighted by Gasteiger charge is -2.37. The Labute approximate surface area is 185 Å². The van der Waals surface area contributed by atoms with Gasteiger partial charge >= 0.3 is 0 Å². The zero-order valence-corrected chi connectivity index (χ0v) is 19.8. The van der Waals surface area contributed by atoms with Crippen LogP contribution >= 0.6 is 0 Å². The van der Waals surface area contributed by atoms with Crippen LogP contribution in [0.15, 0.2) is 42.5 Å². The lowest BCUT2D eigenvalue weighted by molar-refractivity contribution is -0.122. The third-order valence-corrected chi connectivity index (χ3v) is 6.69. The van der Waals surface area contributed by atoms with Gasteiger partial charge in [-0.3, -0.25) is 9.10 Å². The van der Waals surface area contributed by atoms with Gasteiger partial charge in [0.2, 0.25) is 15.9 Å². The van der Waals surface area contributed by atoms with Crippen molar-refractivity contribution in [2.75, 3.05) is 17.1 Å². The molecule has 1 aliphatic heterocycles. The number of nitrogens with zero attached hydrogens (tertiary/aromatic N) is 1. The maximum absolute atomic E-state index is 12.7. The summed E-state index contributed by atoms with van der Waals surface area (Å²) in [6.45, 7) is 8.10. The van der Waals surface area contributed by atoms with E-state index >= 15 is 0 Å². The summed E-state index contributed by atoms with van der Waals surface area (Å²) in [4.78, 5) is 12.7. The third-order valence-electron chi connectivity index (χ3n) is 5.51. The van der Waals surface area contributed by atoms with Crippen molar-refractivity contribution in [2.24, 2.45) is 0 Å². The first-order chi connectivity index (χ1) is 14.5. The molecular weight excluding hydrogens is 412 g/mol. The fourth-order valence-electron chi connectivity index (χ4n) is 4.03. The first kappa shape index (κ1) is 23.1. The molecule has 0 saturated carbocycles. The van der Waals surface area contributed by atoms with E-state index in [4.69, 9.17) is 4.74 Å². The van der Waals surface area contributed by atoms with Crippen LogP contribution in [0.4, 0.5) is 5.69 Å². The summed E-state index contributed by atoms with van der Waals surface area (Å²) in [6, 6.07) is 13.4. The van der Waals surface area contributed by atoms with Gasteiger partial charge in [-0.1, -0.05) is 30.3 Å². The summed E-state index contributed by atoms with van der Waals surface area (Å²) < 4.78 is 32.2. The Balaban J connectivity index is 1.66. The molecule has 0 aromatic heterocycles. The van der Waals surface area contributed by atoms with Gasteiger partial charge < -0.3 is 10.1 Å². The first-order valence-corrected chi connectivity index (χ1v) is 12.4. The maximum atomic E-state index is 12.7. The molecule has 2 aromatic carbocycles. The second-order valence-corrected chi connectivity index (χ2v) is 10.9. The number of aryl methyl sites for hydroxylation is 2. The second-order valence-electron chi connectivity index (χ2n) is 8.95. The average molecular weight is 445 g/mol. The molecule has 1 aliphatic rings. The molecular formula is C24H32N2O4S. The number of rotatable bonds is 7. The van der Waals surface area contributed by atoms with Gasteiger partial charge in [0.15, 0.2) is 0 Å². The fourth-order valence-corrected chi connectivity index (χ4v) is 5.05. The van der Waals surface area contributed by atoms with Crippen molar-refractivity contribution < 1.29 is 17.9 Å². The molecule has 2 aromatic rings. The van der Waals surface area contributed by atoms with Crippen LogP contribution in [0.3, 0.4) is 0 Å². The highest BCUT2D eigenvalue weighted by Gasteiger charge is 2.34. The van der Waals surface area contributed by atoms with Crippen LogP contribution in [-0.4, -0.2) is 32.7 Å². The van der Waals surface area contributed by atoms with Crippen molar-refractivity contribution >= 4 is 21.6 Å². The van der Waals surface area contributed by atoms with Crippen LogP contribution in [0.2, 0.25) is 0 Å². The van der Waals surface area contributed by atoms with Crippen molar-refractivity contribution in [1.82, 2.24) is 5.32 Å². The van der Waals surface area contributed by atoms with Gasteiger partial charge in [0.1, 0.15) is 11.4 Å². The Hall–Kier alpha value is -2.54. The lowest BCUT2D eigenvalue weighted by Crippen LogP contribution is -2.41. The van der Waals surface area contributed by atoms with E-state index in [0.29, 0.717) is 18.5 Å². The Morgan fingerprint density at radius 3 is 2.61 bits per heavy atom. The molecule has 0 bridgehead atoms. The number of carbonyl (C=O) groups is 1. The van der Waals surface area contributed by atoms with Crippen LogP contribution in [-0.2, 0) is 14.8 Å². The smallest absolute Gasteiger partial charge is 0.232 e. The number of ether oxygens (including phenoxy) is 1. The van der Waals surface area contributed by atoms with Crippen molar-refractivity contribution in [3.63, 3.8) is 0 Å². The largest absolute Gasteiger partial charge is 0.487 e. The van der Waals surface area contributed by atoms with Gasteiger partial charge in [0.05, 0.1) is 18.0 Å². The molecule has 3 rings (SSSR count). The predicted octanol–water partition coefficient (Wildman–Crippen LogP) is 4.27. The number of sulfonamides is 1. The van der Waals surface area contributed by atoms with Crippen LogP contribution < -0.4 is 14.4 Å². The summed E-state index contributed by atoms with van der Waals surface area (Å²) >= 11 is 0. The van der Waals surface area contributed by atoms with Crippen LogP contribution in [0.1, 0.15) is 55.8 Å². The van der Waals surface area contributed by atoms with Crippen molar-refractivity contribution in [3.05, 3.63) is 59.2 Å².